The van der Waals surface area contributed by atoms with E-state index in [1.54, 1.807) is 15.4 Å². The number of benzene rings is 6. The van der Waals surface area contributed by atoms with E-state index in [0.29, 0.717) is 24.7 Å². The Morgan fingerprint density at radius 2 is 1.18 bits per heavy atom. The molecule has 5 heteroatoms. The Hall–Kier alpha value is -4.01. The van der Waals surface area contributed by atoms with Gasteiger partial charge in [-0.25, -0.2) is 0 Å². The largest absolute Gasteiger partial charge is 1.00 e. The Morgan fingerprint density at radius 1 is 0.617 bits per heavy atom. The van der Waals surface area contributed by atoms with Crippen molar-refractivity contribution in [3.8, 4) is 33.4 Å². The molecule has 0 bridgehead atoms. The van der Waals surface area contributed by atoms with E-state index < -0.39 is 21.3 Å². The first-order valence-electron chi connectivity index (χ1n) is 21.4. The Kier molecular flexibility index (Phi) is 15.7. The average Bonchev–Trinajstić information content (AvgIpc) is 3.89. The summed E-state index contributed by atoms with van der Waals surface area (Å²) in [6.07, 6.45) is 14.6. The van der Waals surface area contributed by atoms with Crippen molar-refractivity contribution in [2.45, 2.75) is 90.9 Å². The Morgan fingerprint density at radius 3 is 1.73 bits per heavy atom. The number of rotatable bonds is 14. The van der Waals surface area contributed by atoms with E-state index in [9.17, 15) is 8.78 Å². The monoisotopic (exact) mass is 912 g/mol. The van der Waals surface area contributed by atoms with Gasteiger partial charge in [0, 0.05) is 0 Å². The molecule has 0 heterocycles. The van der Waals surface area contributed by atoms with Crippen LogP contribution in [0.5, 0.6) is 0 Å². The van der Waals surface area contributed by atoms with E-state index in [1.807, 2.05) is 12.1 Å². The fraction of sp³-hybridized carbons (Fsp3) is 0.255. The summed E-state index contributed by atoms with van der Waals surface area (Å²) in [5, 5.41) is 0. The smallest absolute Gasteiger partial charge is 1.00 e. The second-order valence-electron chi connectivity index (χ2n) is 16.5. The van der Waals surface area contributed by atoms with Crippen LogP contribution in [0.1, 0.15) is 105 Å². The van der Waals surface area contributed by atoms with Crippen LogP contribution in [0.4, 0.5) is 8.78 Å². The van der Waals surface area contributed by atoms with Gasteiger partial charge in [0.1, 0.15) is 0 Å². The summed E-state index contributed by atoms with van der Waals surface area (Å²) in [4.78, 5) is 0. The molecule has 2 aliphatic rings. The van der Waals surface area contributed by atoms with E-state index >= 15 is 0 Å². The molecule has 6 aromatic carbocycles. The molecule has 0 radical (unpaired) electrons. The SMILES string of the molecule is CCCC(C)c1cc2c(cc1-c1ccccc1)Cc1c-2cc(C(C)CCC)c(-c2ccccc2)[c]1[Zr+2]([C]1=CC=CC1)=[C](Cc1cccc(F)c1)Cc1cccc(F)c1.[Cl-].[Cl-]. The van der Waals surface area contributed by atoms with Gasteiger partial charge in [-0.15, -0.1) is 0 Å². The molecule has 0 saturated heterocycles. The standard InChI is InChI=1S/C35H37.C15H12F2.C5H5.2ClH.Zr/c1-5-13-24(3)30-22-34-28(20-32(30)26-15-9-7-10-16-26)19-29-21-33(27-17-11-8-12-18-27)31(23-35(29)34)25(4)14-6-2;16-14-8-2-6-12(10-14)4-1-5-13-7-3-9-15(17)11-13;1-2-4-5-3-1;;;/h7-12,15-18,20,22-25H,5-6,13-14,19H2,1-4H3;2-3,6-11H,4-5H2;1-3H,4H2;2*1H;/q;;;;;+2/p-2. The van der Waals surface area contributed by atoms with Gasteiger partial charge in [-0.1, -0.05) is 0 Å². The van der Waals surface area contributed by atoms with Crippen molar-refractivity contribution in [3.63, 3.8) is 0 Å². The Labute approximate surface area is 376 Å². The predicted molar refractivity (Wildman–Crippen MR) is 239 cm³/mol. The summed E-state index contributed by atoms with van der Waals surface area (Å²) in [5.74, 6) is 0.349. The molecular formula is C55H54Cl2F2Zr. The first kappa shape index (κ1) is 45.5. The Balaban J connectivity index is 0.00000302. The summed E-state index contributed by atoms with van der Waals surface area (Å²) >= 11 is -3.15. The van der Waals surface area contributed by atoms with Crippen LogP contribution in [-0.2, 0) is 40.5 Å². The molecule has 306 valence electrons. The minimum absolute atomic E-state index is 0. The maximum atomic E-state index is 15.0. The van der Waals surface area contributed by atoms with E-state index in [2.05, 4.69) is 137 Å². The molecule has 8 rings (SSSR count). The first-order chi connectivity index (χ1) is 28.3. The normalized spacial score (nSPS) is 13.2. The fourth-order valence-electron chi connectivity index (χ4n) is 9.67. The van der Waals surface area contributed by atoms with Gasteiger partial charge in [0.2, 0.25) is 0 Å². The molecule has 0 amide bonds. The van der Waals surface area contributed by atoms with Gasteiger partial charge in [0.25, 0.3) is 0 Å². The third kappa shape index (κ3) is 9.71. The van der Waals surface area contributed by atoms with Crippen LogP contribution in [-0.4, -0.2) is 3.21 Å². The van der Waals surface area contributed by atoms with Crippen molar-refractivity contribution in [1.82, 2.24) is 0 Å². The van der Waals surface area contributed by atoms with Crippen molar-refractivity contribution in [3.05, 3.63) is 194 Å². The van der Waals surface area contributed by atoms with Crippen LogP contribution in [0.3, 0.4) is 0 Å². The molecule has 0 aliphatic heterocycles. The molecule has 6 aromatic rings. The van der Waals surface area contributed by atoms with Gasteiger partial charge < -0.3 is 24.8 Å². The molecule has 0 aromatic heterocycles. The summed E-state index contributed by atoms with van der Waals surface area (Å²) in [5.41, 5.74) is 15.8. The minimum atomic E-state index is -3.15. The quantitative estimate of drug-likeness (QED) is 0.103. The zero-order chi connectivity index (χ0) is 40.2. The van der Waals surface area contributed by atoms with Gasteiger partial charge in [0.05, 0.1) is 0 Å². The molecule has 0 spiro atoms. The van der Waals surface area contributed by atoms with Crippen molar-refractivity contribution in [1.29, 1.82) is 0 Å². The summed E-state index contributed by atoms with van der Waals surface area (Å²) in [6, 6.07) is 44.1. The molecule has 0 fully saturated rings. The van der Waals surface area contributed by atoms with Crippen LogP contribution < -0.4 is 28.1 Å². The topological polar surface area (TPSA) is 0 Å². The third-order valence-corrected chi connectivity index (χ3v) is 20.0. The maximum absolute atomic E-state index is 15.0. The molecule has 2 unspecified atom stereocenters. The van der Waals surface area contributed by atoms with Crippen molar-refractivity contribution >= 4 is 6.48 Å². The second kappa shape index (κ2) is 20.7. The zero-order valence-electron chi connectivity index (χ0n) is 35.2. The van der Waals surface area contributed by atoms with Crippen LogP contribution in [0.2, 0.25) is 0 Å². The number of fused-ring (bicyclic) bond motifs is 3. The summed E-state index contributed by atoms with van der Waals surface area (Å²) in [6.45, 7) is 9.42. The maximum Gasteiger partial charge on any atom is -1.00 e. The van der Waals surface area contributed by atoms with Gasteiger partial charge in [-0.3, -0.25) is 0 Å². The third-order valence-electron chi connectivity index (χ3n) is 12.4. The number of halogens is 4. The Bertz CT molecular complexity index is 2490. The van der Waals surface area contributed by atoms with Crippen LogP contribution in [0.15, 0.2) is 149 Å². The van der Waals surface area contributed by atoms with Crippen LogP contribution in [0.25, 0.3) is 33.4 Å². The van der Waals surface area contributed by atoms with Crippen molar-refractivity contribution < 1.29 is 54.9 Å². The van der Waals surface area contributed by atoms with Gasteiger partial charge in [-0.2, -0.15) is 0 Å². The van der Waals surface area contributed by atoms with Gasteiger partial charge in [0.15, 0.2) is 0 Å². The average molecular weight is 915 g/mol. The molecule has 0 nitrogen and oxygen atoms in total. The number of hydrogen-bond acceptors (Lipinski definition) is 0. The van der Waals surface area contributed by atoms with E-state index in [1.165, 1.54) is 74.3 Å². The van der Waals surface area contributed by atoms with E-state index in [4.69, 9.17) is 0 Å². The molecule has 2 aliphatic carbocycles. The number of allylic oxidation sites excluding steroid dienone is 4. The van der Waals surface area contributed by atoms with Crippen LogP contribution >= 0.6 is 0 Å². The molecule has 0 N–H and O–H groups in total. The molecule has 60 heavy (non-hydrogen) atoms. The van der Waals surface area contributed by atoms with Gasteiger partial charge in [-0.05, 0) is 0 Å². The number of hydrogen-bond donors (Lipinski definition) is 0. The van der Waals surface area contributed by atoms with Crippen molar-refractivity contribution in [2.24, 2.45) is 0 Å². The van der Waals surface area contributed by atoms with Crippen LogP contribution in [0, 0.1) is 11.6 Å². The molecular weight excluding hydrogens is 861 g/mol. The zero-order valence-corrected chi connectivity index (χ0v) is 39.1. The summed E-state index contributed by atoms with van der Waals surface area (Å²) in [7, 11) is 0. The van der Waals surface area contributed by atoms with E-state index in [0.717, 1.165) is 49.7 Å². The molecule has 2 atom stereocenters. The first-order valence-corrected chi connectivity index (χ1v) is 25.1. The minimum Gasteiger partial charge on any atom is -1.00 e. The summed E-state index contributed by atoms with van der Waals surface area (Å²) < 4.78 is 34.5. The second-order valence-corrected chi connectivity index (χ2v) is 22.9. The molecule has 0 saturated carbocycles. The van der Waals surface area contributed by atoms with Crippen molar-refractivity contribution in [2.75, 3.05) is 0 Å². The van der Waals surface area contributed by atoms with E-state index in [-0.39, 0.29) is 36.4 Å². The predicted octanol–water partition coefficient (Wildman–Crippen LogP) is 8.43. The van der Waals surface area contributed by atoms with Gasteiger partial charge >= 0.3 is 355 Å². The fourth-order valence-corrected chi connectivity index (χ4v) is 18.4.